The topological polar surface area (TPSA) is 97.0 Å². The average Bonchev–Trinajstić information content (AvgIpc) is 3.29. The van der Waals surface area contributed by atoms with Gasteiger partial charge in [-0.05, 0) is 50.7 Å². The number of aliphatic carboxylic acids is 1. The van der Waals surface area contributed by atoms with E-state index in [0.29, 0.717) is 31.0 Å². The molecule has 0 aromatic carbocycles. The fourth-order valence-electron chi connectivity index (χ4n) is 3.98. The summed E-state index contributed by atoms with van der Waals surface area (Å²) in [6.45, 7) is 3.19. The molecule has 8 nitrogen and oxygen atoms in total. The Hall–Kier alpha value is -2.48. The maximum Gasteiger partial charge on any atom is 0.332 e. The number of aromatic nitrogens is 3. The predicted molar refractivity (Wildman–Crippen MR) is 91.9 cm³/mol. The number of hydrogen-bond donors (Lipinski definition) is 1. The van der Waals surface area contributed by atoms with Crippen LogP contribution in [0.4, 0.5) is 0 Å². The highest BCUT2D eigenvalue weighted by Gasteiger charge is 2.37. The summed E-state index contributed by atoms with van der Waals surface area (Å²) in [5.74, 6) is 0.208. The summed E-state index contributed by atoms with van der Waals surface area (Å²) in [5, 5.41) is 17.1. The van der Waals surface area contributed by atoms with Crippen molar-refractivity contribution < 1.29 is 19.4 Å². The standard InChI is InChI=1S/C18H22N4O4/c1-11-19-20-16-5-2-13(10-22(11)16)17(23)21-8-6-12(7-9-21)14-3-4-15(26-14)18(24)25/h2,5,10,12,14-15H,3-4,6-9H2,1H3,(H,24,25)/t14-,15+/m0/s1. The fourth-order valence-corrected chi connectivity index (χ4v) is 3.98. The molecule has 2 saturated heterocycles. The van der Waals surface area contributed by atoms with Gasteiger partial charge in [0.1, 0.15) is 5.82 Å². The number of carbonyl (C=O) groups excluding carboxylic acids is 1. The van der Waals surface area contributed by atoms with E-state index in [-0.39, 0.29) is 12.0 Å². The molecule has 2 aliphatic rings. The van der Waals surface area contributed by atoms with Gasteiger partial charge in [-0.25, -0.2) is 4.79 Å². The molecule has 8 heteroatoms. The lowest BCUT2D eigenvalue weighted by Gasteiger charge is -2.34. The lowest BCUT2D eigenvalue weighted by Crippen LogP contribution is -2.41. The molecule has 0 spiro atoms. The zero-order valence-corrected chi connectivity index (χ0v) is 14.7. The van der Waals surface area contributed by atoms with Gasteiger partial charge in [0.15, 0.2) is 11.8 Å². The Morgan fingerprint density at radius 1 is 1.15 bits per heavy atom. The third-order valence-electron chi connectivity index (χ3n) is 5.50. The molecule has 2 aliphatic heterocycles. The quantitative estimate of drug-likeness (QED) is 0.893. The van der Waals surface area contributed by atoms with Gasteiger partial charge in [0.25, 0.3) is 5.91 Å². The number of pyridine rings is 1. The van der Waals surface area contributed by atoms with Crippen LogP contribution < -0.4 is 0 Å². The van der Waals surface area contributed by atoms with Crippen LogP contribution in [0.2, 0.25) is 0 Å². The number of ether oxygens (including phenoxy) is 1. The molecule has 26 heavy (non-hydrogen) atoms. The number of fused-ring (bicyclic) bond motifs is 1. The predicted octanol–water partition coefficient (Wildman–Crippen LogP) is 1.52. The normalized spacial score (nSPS) is 24.3. The van der Waals surface area contributed by atoms with E-state index in [2.05, 4.69) is 10.2 Å². The molecule has 2 atom stereocenters. The lowest BCUT2D eigenvalue weighted by molar-refractivity contribution is -0.150. The van der Waals surface area contributed by atoms with Crippen LogP contribution in [0.25, 0.3) is 5.65 Å². The number of carbonyl (C=O) groups is 2. The third kappa shape index (κ3) is 3.05. The number of carboxylic acids is 1. The van der Waals surface area contributed by atoms with Gasteiger partial charge in [-0.2, -0.15) is 0 Å². The maximum absolute atomic E-state index is 12.8. The van der Waals surface area contributed by atoms with Crippen LogP contribution in [0.3, 0.4) is 0 Å². The fraction of sp³-hybridized carbons (Fsp3) is 0.556. The van der Waals surface area contributed by atoms with Crippen LogP contribution in [0.1, 0.15) is 41.9 Å². The van der Waals surface area contributed by atoms with Crippen molar-refractivity contribution in [1.82, 2.24) is 19.5 Å². The van der Waals surface area contributed by atoms with Crippen LogP contribution in [-0.4, -0.2) is 61.8 Å². The first-order valence-corrected chi connectivity index (χ1v) is 9.02. The van der Waals surface area contributed by atoms with Gasteiger partial charge in [0.05, 0.1) is 11.7 Å². The minimum atomic E-state index is -0.875. The molecule has 4 heterocycles. The Morgan fingerprint density at radius 2 is 1.92 bits per heavy atom. The first-order chi connectivity index (χ1) is 12.5. The second-order valence-electron chi connectivity index (χ2n) is 7.10. The van der Waals surface area contributed by atoms with E-state index in [9.17, 15) is 9.59 Å². The Labute approximate surface area is 150 Å². The molecule has 0 saturated carbocycles. The van der Waals surface area contributed by atoms with Crippen molar-refractivity contribution in [3.8, 4) is 0 Å². The number of aryl methyl sites for hydroxylation is 1. The van der Waals surface area contributed by atoms with Gasteiger partial charge in [0, 0.05) is 19.3 Å². The molecule has 4 rings (SSSR count). The highest BCUT2D eigenvalue weighted by molar-refractivity contribution is 5.94. The monoisotopic (exact) mass is 358 g/mol. The number of likely N-dealkylation sites (tertiary alicyclic amines) is 1. The first kappa shape index (κ1) is 17.0. The second kappa shape index (κ2) is 6.68. The van der Waals surface area contributed by atoms with E-state index in [4.69, 9.17) is 9.84 Å². The number of carboxylic acid groups (broad SMARTS) is 1. The van der Waals surface area contributed by atoms with E-state index in [1.165, 1.54) is 0 Å². The summed E-state index contributed by atoms with van der Waals surface area (Å²) in [6.07, 6.45) is 4.18. The van der Waals surface area contributed by atoms with Crippen molar-refractivity contribution in [1.29, 1.82) is 0 Å². The van der Waals surface area contributed by atoms with Crippen molar-refractivity contribution in [2.45, 2.75) is 44.8 Å². The minimum absolute atomic E-state index is 0.00405. The number of rotatable bonds is 3. The summed E-state index contributed by atoms with van der Waals surface area (Å²) in [6, 6.07) is 3.59. The van der Waals surface area contributed by atoms with Gasteiger partial charge >= 0.3 is 5.97 Å². The molecule has 2 aromatic rings. The van der Waals surface area contributed by atoms with Gasteiger partial charge in [-0.1, -0.05) is 0 Å². The SMILES string of the molecule is Cc1nnc2ccc(C(=O)N3CCC([C@@H]4CC[C@H](C(=O)O)O4)CC3)cn12. The lowest BCUT2D eigenvalue weighted by atomic mass is 9.89. The summed E-state index contributed by atoms with van der Waals surface area (Å²) < 4.78 is 7.49. The summed E-state index contributed by atoms with van der Waals surface area (Å²) in [7, 11) is 0. The number of amides is 1. The zero-order valence-electron chi connectivity index (χ0n) is 14.7. The Balaban J connectivity index is 1.38. The van der Waals surface area contributed by atoms with Crippen LogP contribution in [0, 0.1) is 12.8 Å². The molecule has 0 aliphatic carbocycles. The van der Waals surface area contributed by atoms with Gasteiger partial charge < -0.3 is 14.7 Å². The number of nitrogens with zero attached hydrogens (tertiary/aromatic N) is 4. The van der Waals surface area contributed by atoms with Crippen LogP contribution in [-0.2, 0) is 9.53 Å². The van der Waals surface area contributed by atoms with Crippen molar-refractivity contribution in [2.24, 2.45) is 5.92 Å². The summed E-state index contributed by atoms with van der Waals surface area (Å²) in [4.78, 5) is 25.7. The second-order valence-corrected chi connectivity index (χ2v) is 7.10. The molecule has 1 amide bonds. The Kier molecular flexibility index (Phi) is 4.36. The maximum atomic E-state index is 12.8. The van der Waals surface area contributed by atoms with Crippen LogP contribution in [0.15, 0.2) is 18.3 Å². The Bertz CT molecular complexity index is 841. The van der Waals surface area contributed by atoms with Crippen LogP contribution in [0.5, 0.6) is 0 Å². The van der Waals surface area contributed by atoms with Gasteiger partial charge in [0.2, 0.25) is 0 Å². The van der Waals surface area contributed by atoms with Crippen molar-refractivity contribution in [3.63, 3.8) is 0 Å². The minimum Gasteiger partial charge on any atom is -0.479 e. The van der Waals surface area contributed by atoms with E-state index in [1.807, 2.05) is 16.2 Å². The number of piperidine rings is 1. The largest absolute Gasteiger partial charge is 0.479 e. The van der Waals surface area contributed by atoms with Crippen molar-refractivity contribution in [3.05, 3.63) is 29.7 Å². The summed E-state index contributed by atoms with van der Waals surface area (Å²) in [5.41, 5.74) is 1.35. The van der Waals surface area contributed by atoms with Gasteiger partial charge in [-0.3, -0.25) is 9.20 Å². The van der Waals surface area contributed by atoms with E-state index >= 15 is 0 Å². The van der Waals surface area contributed by atoms with E-state index in [0.717, 1.165) is 30.7 Å². The molecule has 0 radical (unpaired) electrons. The molecule has 138 valence electrons. The smallest absolute Gasteiger partial charge is 0.332 e. The first-order valence-electron chi connectivity index (χ1n) is 9.02. The van der Waals surface area contributed by atoms with Crippen molar-refractivity contribution >= 4 is 17.5 Å². The van der Waals surface area contributed by atoms with Gasteiger partial charge in [-0.15, -0.1) is 10.2 Å². The number of hydrogen-bond acceptors (Lipinski definition) is 5. The van der Waals surface area contributed by atoms with E-state index < -0.39 is 12.1 Å². The summed E-state index contributed by atoms with van der Waals surface area (Å²) >= 11 is 0. The molecule has 1 N–H and O–H groups in total. The molecule has 2 aromatic heterocycles. The molecule has 0 bridgehead atoms. The Morgan fingerprint density at radius 3 is 2.62 bits per heavy atom. The third-order valence-corrected chi connectivity index (χ3v) is 5.50. The molecule has 0 unspecified atom stereocenters. The van der Waals surface area contributed by atoms with E-state index in [1.54, 1.807) is 18.3 Å². The molecular formula is C18H22N4O4. The average molecular weight is 358 g/mol. The highest BCUT2D eigenvalue weighted by atomic mass is 16.5. The highest BCUT2D eigenvalue weighted by Crippen LogP contribution is 2.32. The molecule has 2 fully saturated rings. The van der Waals surface area contributed by atoms with Crippen LogP contribution >= 0.6 is 0 Å². The zero-order chi connectivity index (χ0) is 18.3. The molecular weight excluding hydrogens is 336 g/mol. The van der Waals surface area contributed by atoms with Crippen molar-refractivity contribution in [2.75, 3.05) is 13.1 Å².